The van der Waals surface area contributed by atoms with E-state index >= 15 is 0 Å². The molecule has 0 amide bonds. The van der Waals surface area contributed by atoms with Gasteiger partial charge in [-0.15, -0.1) is 0 Å². The molecule has 7 heteroatoms. The Morgan fingerprint density at radius 1 is 1.67 bits per heavy atom. The van der Waals surface area contributed by atoms with Crippen LogP contribution in [0, 0.1) is 0 Å². The van der Waals surface area contributed by atoms with Crippen molar-refractivity contribution in [3.05, 3.63) is 21.9 Å². The summed E-state index contributed by atoms with van der Waals surface area (Å²) in [7, 11) is 1.10. The van der Waals surface area contributed by atoms with Crippen LogP contribution < -0.4 is 0 Å². The van der Waals surface area contributed by atoms with Gasteiger partial charge in [-0.05, 0) is 15.9 Å². The SMILES string of the molecule is COC(=O)c1ncc(C(F)F)c(Br)c1O. The lowest BCUT2D eigenvalue weighted by molar-refractivity contribution is 0.0589. The fourth-order valence-corrected chi connectivity index (χ4v) is 1.35. The van der Waals surface area contributed by atoms with Crippen LogP contribution in [0.3, 0.4) is 0 Å². The minimum Gasteiger partial charge on any atom is -0.504 e. The topological polar surface area (TPSA) is 59.4 Å². The molecule has 0 saturated carbocycles. The van der Waals surface area contributed by atoms with E-state index in [1.165, 1.54) is 0 Å². The third-order valence-corrected chi connectivity index (χ3v) is 2.47. The number of esters is 1. The number of halogens is 3. The summed E-state index contributed by atoms with van der Waals surface area (Å²) < 4.78 is 28.7. The van der Waals surface area contributed by atoms with E-state index in [1.54, 1.807) is 0 Å². The lowest BCUT2D eigenvalue weighted by Gasteiger charge is -2.07. The molecule has 0 radical (unpaired) electrons. The second-order valence-electron chi connectivity index (χ2n) is 2.52. The summed E-state index contributed by atoms with van der Waals surface area (Å²) in [5.74, 6) is -1.55. The Morgan fingerprint density at radius 2 is 2.27 bits per heavy atom. The number of aromatic nitrogens is 1. The molecule has 0 spiro atoms. The summed E-state index contributed by atoms with van der Waals surface area (Å²) in [6, 6.07) is 0. The summed E-state index contributed by atoms with van der Waals surface area (Å²) in [5.41, 5.74) is -0.895. The van der Waals surface area contributed by atoms with Gasteiger partial charge in [0, 0.05) is 6.20 Å². The molecular formula is C8H6BrF2NO3. The molecule has 15 heavy (non-hydrogen) atoms. The van der Waals surface area contributed by atoms with Crippen molar-refractivity contribution in [1.29, 1.82) is 0 Å². The molecule has 1 rings (SSSR count). The summed E-state index contributed by atoms with van der Waals surface area (Å²) in [6.45, 7) is 0. The molecule has 1 N–H and O–H groups in total. The predicted octanol–water partition coefficient (Wildman–Crippen LogP) is 2.27. The van der Waals surface area contributed by atoms with Crippen molar-refractivity contribution in [3.8, 4) is 5.75 Å². The molecule has 0 aliphatic heterocycles. The van der Waals surface area contributed by atoms with Gasteiger partial charge in [-0.1, -0.05) is 0 Å². The molecule has 82 valence electrons. The first-order chi connectivity index (χ1) is 6.99. The molecule has 0 unspecified atom stereocenters. The standard InChI is InChI=1S/C8H6BrF2NO3/c1-15-8(14)5-6(13)4(9)3(2-12-5)7(10)11/h2,7,13H,1H3. The van der Waals surface area contributed by atoms with Gasteiger partial charge >= 0.3 is 5.97 Å². The molecule has 1 heterocycles. The first-order valence-electron chi connectivity index (χ1n) is 3.72. The second kappa shape index (κ2) is 4.52. The highest BCUT2D eigenvalue weighted by molar-refractivity contribution is 9.10. The molecule has 0 bridgehead atoms. The largest absolute Gasteiger partial charge is 0.504 e. The number of alkyl halides is 2. The Morgan fingerprint density at radius 3 is 2.73 bits per heavy atom. The van der Waals surface area contributed by atoms with Crippen LogP contribution in [0.4, 0.5) is 8.78 Å². The average molecular weight is 282 g/mol. The Hall–Kier alpha value is -1.24. The Kier molecular flexibility index (Phi) is 3.57. The van der Waals surface area contributed by atoms with Crippen molar-refractivity contribution < 1.29 is 23.4 Å². The lowest BCUT2D eigenvalue weighted by Crippen LogP contribution is -2.06. The Bertz CT molecular complexity index is 398. The first-order valence-corrected chi connectivity index (χ1v) is 4.52. The summed E-state index contributed by atoms with van der Waals surface area (Å²) >= 11 is 2.75. The van der Waals surface area contributed by atoms with E-state index in [0.717, 1.165) is 13.3 Å². The van der Waals surface area contributed by atoms with Gasteiger partial charge in [-0.25, -0.2) is 18.6 Å². The quantitative estimate of drug-likeness (QED) is 0.845. The van der Waals surface area contributed by atoms with Crippen molar-refractivity contribution in [1.82, 2.24) is 4.98 Å². The van der Waals surface area contributed by atoms with E-state index in [-0.39, 0.29) is 4.47 Å². The van der Waals surface area contributed by atoms with Crippen molar-refractivity contribution >= 4 is 21.9 Å². The van der Waals surface area contributed by atoms with Crippen LogP contribution in [0.15, 0.2) is 10.7 Å². The number of ether oxygens (including phenoxy) is 1. The van der Waals surface area contributed by atoms with Gasteiger partial charge in [0.15, 0.2) is 11.4 Å². The number of carbonyl (C=O) groups is 1. The number of pyridine rings is 1. The van der Waals surface area contributed by atoms with E-state index in [1.807, 2.05) is 0 Å². The summed E-state index contributed by atoms with van der Waals surface area (Å²) in [4.78, 5) is 14.4. The number of aromatic hydroxyl groups is 1. The maximum absolute atomic E-state index is 12.3. The zero-order valence-corrected chi connectivity index (χ0v) is 9.09. The Balaban J connectivity index is 3.27. The van der Waals surface area contributed by atoms with Gasteiger partial charge in [-0.3, -0.25) is 0 Å². The van der Waals surface area contributed by atoms with Crippen LogP contribution in [-0.4, -0.2) is 23.2 Å². The Labute approximate surface area is 92.0 Å². The first kappa shape index (κ1) is 11.8. The van der Waals surface area contributed by atoms with E-state index in [2.05, 4.69) is 25.7 Å². The maximum atomic E-state index is 12.3. The summed E-state index contributed by atoms with van der Waals surface area (Å²) in [6.07, 6.45) is -1.98. The highest BCUT2D eigenvalue weighted by Crippen LogP contribution is 2.35. The van der Waals surface area contributed by atoms with E-state index in [0.29, 0.717) is 0 Å². The predicted molar refractivity (Wildman–Crippen MR) is 49.9 cm³/mol. The smallest absolute Gasteiger partial charge is 0.360 e. The van der Waals surface area contributed by atoms with Crippen molar-refractivity contribution in [2.24, 2.45) is 0 Å². The number of rotatable bonds is 2. The minimum absolute atomic E-state index is 0.257. The molecule has 1 aromatic rings. The maximum Gasteiger partial charge on any atom is 0.360 e. The minimum atomic E-state index is -2.79. The lowest BCUT2D eigenvalue weighted by atomic mass is 10.2. The summed E-state index contributed by atoms with van der Waals surface area (Å²) in [5, 5.41) is 9.39. The molecule has 0 aliphatic carbocycles. The van der Waals surface area contributed by atoms with Crippen molar-refractivity contribution in [2.45, 2.75) is 6.43 Å². The van der Waals surface area contributed by atoms with Crippen LogP contribution in [0.25, 0.3) is 0 Å². The number of hydrogen-bond donors (Lipinski definition) is 1. The van der Waals surface area contributed by atoms with Gasteiger partial charge < -0.3 is 9.84 Å². The van der Waals surface area contributed by atoms with Gasteiger partial charge in [0.1, 0.15) is 0 Å². The van der Waals surface area contributed by atoms with Crippen molar-refractivity contribution in [2.75, 3.05) is 7.11 Å². The molecule has 4 nitrogen and oxygen atoms in total. The van der Waals surface area contributed by atoms with Gasteiger partial charge in [0.25, 0.3) is 6.43 Å². The van der Waals surface area contributed by atoms with Crippen LogP contribution in [-0.2, 0) is 4.74 Å². The molecule has 1 aromatic heterocycles. The van der Waals surface area contributed by atoms with Gasteiger partial charge in [0.2, 0.25) is 0 Å². The van der Waals surface area contributed by atoms with Gasteiger partial charge in [-0.2, -0.15) is 0 Å². The molecule has 0 aromatic carbocycles. The zero-order valence-electron chi connectivity index (χ0n) is 7.50. The third kappa shape index (κ3) is 2.23. The normalized spacial score (nSPS) is 10.5. The number of carbonyl (C=O) groups excluding carboxylic acids is 1. The van der Waals surface area contributed by atoms with Crippen LogP contribution in [0.1, 0.15) is 22.5 Å². The molecule has 0 saturated heterocycles. The monoisotopic (exact) mass is 281 g/mol. The fourth-order valence-electron chi connectivity index (χ4n) is 0.891. The zero-order chi connectivity index (χ0) is 11.6. The number of nitrogens with zero attached hydrogens (tertiary/aromatic N) is 1. The highest BCUT2D eigenvalue weighted by Gasteiger charge is 2.22. The van der Waals surface area contributed by atoms with E-state index in [9.17, 15) is 18.7 Å². The van der Waals surface area contributed by atoms with Crippen LogP contribution in [0.2, 0.25) is 0 Å². The van der Waals surface area contributed by atoms with Crippen LogP contribution >= 0.6 is 15.9 Å². The van der Waals surface area contributed by atoms with Crippen LogP contribution in [0.5, 0.6) is 5.75 Å². The van der Waals surface area contributed by atoms with Crippen molar-refractivity contribution in [3.63, 3.8) is 0 Å². The molecule has 0 fully saturated rings. The number of methoxy groups -OCH3 is 1. The van der Waals surface area contributed by atoms with E-state index < -0.39 is 29.4 Å². The third-order valence-electron chi connectivity index (χ3n) is 1.63. The second-order valence-corrected chi connectivity index (χ2v) is 3.31. The number of hydrogen-bond acceptors (Lipinski definition) is 4. The van der Waals surface area contributed by atoms with E-state index in [4.69, 9.17) is 0 Å². The molecule has 0 aliphatic rings. The fraction of sp³-hybridized carbons (Fsp3) is 0.250. The van der Waals surface area contributed by atoms with Gasteiger partial charge in [0.05, 0.1) is 17.1 Å². The highest BCUT2D eigenvalue weighted by atomic mass is 79.9. The molecule has 0 atom stereocenters. The average Bonchev–Trinajstić information content (AvgIpc) is 2.20. The molecular weight excluding hydrogens is 276 g/mol.